The van der Waals surface area contributed by atoms with E-state index < -0.39 is 11.6 Å². The third-order valence-corrected chi connectivity index (χ3v) is 3.74. The van der Waals surface area contributed by atoms with Gasteiger partial charge in [0.15, 0.2) is 0 Å². The largest absolute Gasteiger partial charge is 0.377 e. The highest BCUT2D eigenvalue weighted by Gasteiger charge is 2.23. The van der Waals surface area contributed by atoms with Gasteiger partial charge in [-0.15, -0.1) is 11.6 Å². The Morgan fingerprint density at radius 1 is 1.33 bits per heavy atom. The third kappa shape index (κ3) is 4.64. The molecule has 3 nitrogen and oxygen atoms in total. The standard InChI is InChI=1S/C15H18ClF2NO2/c16-5-8-21-13-3-6-19(7-4-13)15(20)9-11-1-2-12(17)10-14(11)18/h1-2,10,13H,3-9H2. The fourth-order valence-corrected chi connectivity index (χ4v) is 2.51. The second-order valence-corrected chi connectivity index (χ2v) is 5.43. The molecular formula is C15H18ClF2NO2. The van der Waals surface area contributed by atoms with Crippen LogP contribution >= 0.6 is 11.6 Å². The Balaban J connectivity index is 1.84. The van der Waals surface area contributed by atoms with E-state index in [0.29, 0.717) is 25.6 Å². The summed E-state index contributed by atoms with van der Waals surface area (Å²) < 4.78 is 31.9. The molecule has 0 N–H and O–H groups in total. The lowest BCUT2D eigenvalue weighted by Gasteiger charge is -2.32. The van der Waals surface area contributed by atoms with E-state index in [1.54, 1.807) is 4.90 Å². The molecule has 0 atom stereocenters. The molecule has 1 aromatic carbocycles. The molecule has 1 aromatic rings. The fourth-order valence-electron chi connectivity index (χ4n) is 2.42. The molecule has 0 saturated carbocycles. The van der Waals surface area contributed by atoms with Crippen molar-refractivity contribution in [2.45, 2.75) is 25.4 Å². The zero-order chi connectivity index (χ0) is 15.2. The van der Waals surface area contributed by atoms with Crippen molar-refractivity contribution in [2.24, 2.45) is 0 Å². The predicted octanol–water partition coefficient (Wildman–Crippen LogP) is 2.75. The van der Waals surface area contributed by atoms with E-state index in [0.717, 1.165) is 25.0 Å². The van der Waals surface area contributed by atoms with E-state index >= 15 is 0 Å². The Hall–Kier alpha value is -1.20. The second kappa shape index (κ2) is 7.71. The molecule has 0 spiro atoms. The van der Waals surface area contributed by atoms with Crippen LogP contribution in [0.5, 0.6) is 0 Å². The zero-order valence-electron chi connectivity index (χ0n) is 11.7. The first-order valence-corrected chi connectivity index (χ1v) is 7.53. The van der Waals surface area contributed by atoms with Crippen LogP contribution in [0.25, 0.3) is 0 Å². The molecule has 116 valence electrons. The highest BCUT2D eigenvalue weighted by Crippen LogP contribution is 2.16. The van der Waals surface area contributed by atoms with Crippen molar-refractivity contribution in [3.63, 3.8) is 0 Å². The van der Waals surface area contributed by atoms with Crippen molar-refractivity contribution < 1.29 is 18.3 Å². The van der Waals surface area contributed by atoms with Crippen molar-refractivity contribution in [3.05, 3.63) is 35.4 Å². The van der Waals surface area contributed by atoms with Crippen LogP contribution in [0.15, 0.2) is 18.2 Å². The number of amides is 1. The van der Waals surface area contributed by atoms with Gasteiger partial charge in [0.25, 0.3) is 0 Å². The van der Waals surface area contributed by atoms with Gasteiger partial charge >= 0.3 is 0 Å². The van der Waals surface area contributed by atoms with Crippen molar-refractivity contribution in [3.8, 4) is 0 Å². The number of ether oxygens (including phenoxy) is 1. The monoisotopic (exact) mass is 317 g/mol. The fraction of sp³-hybridized carbons (Fsp3) is 0.533. The highest BCUT2D eigenvalue weighted by atomic mass is 35.5. The van der Waals surface area contributed by atoms with E-state index in [4.69, 9.17) is 16.3 Å². The number of carbonyl (C=O) groups excluding carboxylic acids is 1. The minimum absolute atomic E-state index is 0.0423. The minimum Gasteiger partial charge on any atom is -0.377 e. The van der Waals surface area contributed by atoms with E-state index in [-0.39, 0.29) is 24.0 Å². The summed E-state index contributed by atoms with van der Waals surface area (Å²) in [4.78, 5) is 13.8. The SMILES string of the molecule is O=C(Cc1ccc(F)cc1F)N1CCC(OCCCl)CC1. The first-order chi connectivity index (χ1) is 10.1. The Bertz CT molecular complexity index is 491. The van der Waals surface area contributed by atoms with Crippen LogP contribution in [0.3, 0.4) is 0 Å². The van der Waals surface area contributed by atoms with Crippen molar-refractivity contribution in [1.29, 1.82) is 0 Å². The number of likely N-dealkylation sites (tertiary alicyclic amines) is 1. The van der Waals surface area contributed by atoms with E-state index in [9.17, 15) is 13.6 Å². The zero-order valence-corrected chi connectivity index (χ0v) is 12.4. The van der Waals surface area contributed by atoms with Crippen LogP contribution in [-0.4, -0.2) is 42.5 Å². The molecule has 0 unspecified atom stereocenters. The average Bonchev–Trinajstić information content (AvgIpc) is 2.48. The molecule has 1 aliphatic rings. The Morgan fingerprint density at radius 2 is 2.05 bits per heavy atom. The number of piperidine rings is 1. The van der Waals surface area contributed by atoms with E-state index in [2.05, 4.69) is 0 Å². The van der Waals surface area contributed by atoms with Gasteiger partial charge in [0.1, 0.15) is 11.6 Å². The molecule has 0 bridgehead atoms. The molecule has 0 radical (unpaired) electrons. The Kier molecular flexibility index (Phi) is 5.94. The number of rotatable bonds is 5. The summed E-state index contributed by atoms with van der Waals surface area (Å²) in [7, 11) is 0. The quantitative estimate of drug-likeness (QED) is 0.782. The predicted molar refractivity (Wildman–Crippen MR) is 76.3 cm³/mol. The number of alkyl halides is 1. The average molecular weight is 318 g/mol. The molecule has 1 amide bonds. The van der Waals surface area contributed by atoms with Gasteiger partial charge in [-0.25, -0.2) is 8.78 Å². The summed E-state index contributed by atoms with van der Waals surface area (Å²) in [6.45, 7) is 1.70. The highest BCUT2D eigenvalue weighted by molar-refractivity contribution is 6.17. The molecule has 0 aliphatic carbocycles. The molecule has 1 saturated heterocycles. The maximum absolute atomic E-state index is 13.5. The lowest BCUT2D eigenvalue weighted by Crippen LogP contribution is -2.41. The maximum atomic E-state index is 13.5. The number of hydrogen-bond acceptors (Lipinski definition) is 2. The molecule has 1 heterocycles. The van der Waals surface area contributed by atoms with Crippen molar-refractivity contribution in [2.75, 3.05) is 25.6 Å². The summed E-state index contributed by atoms with van der Waals surface area (Å²) in [5.74, 6) is -0.996. The van der Waals surface area contributed by atoms with Crippen LogP contribution < -0.4 is 0 Å². The molecule has 1 fully saturated rings. The minimum atomic E-state index is -0.677. The van der Waals surface area contributed by atoms with Gasteiger partial charge in [0, 0.05) is 25.0 Å². The number of benzene rings is 1. The van der Waals surface area contributed by atoms with Gasteiger partial charge in [-0.05, 0) is 24.5 Å². The van der Waals surface area contributed by atoms with Crippen LogP contribution in [0.1, 0.15) is 18.4 Å². The molecule has 1 aliphatic heterocycles. The Labute approximate surface area is 127 Å². The second-order valence-electron chi connectivity index (χ2n) is 5.05. The van der Waals surface area contributed by atoms with Crippen LogP contribution in [0.4, 0.5) is 8.78 Å². The van der Waals surface area contributed by atoms with Crippen LogP contribution in [-0.2, 0) is 16.0 Å². The third-order valence-electron chi connectivity index (χ3n) is 3.58. The van der Waals surface area contributed by atoms with Crippen LogP contribution in [0, 0.1) is 11.6 Å². The molecule has 6 heteroatoms. The summed E-state index contributed by atoms with van der Waals surface area (Å²) >= 11 is 5.56. The molecular weight excluding hydrogens is 300 g/mol. The molecule has 21 heavy (non-hydrogen) atoms. The van der Waals surface area contributed by atoms with Gasteiger partial charge < -0.3 is 9.64 Å². The molecule has 0 aromatic heterocycles. The topological polar surface area (TPSA) is 29.5 Å². The van der Waals surface area contributed by atoms with Gasteiger partial charge in [-0.2, -0.15) is 0 Å². The number of nitrogens with zero attached hydrogens (tertiary/aromatic N) is 1. The van der Waals surface area contributed by atoms with Crippen LogP contribution in [0.2, 0.25) is 0 Å². The van der Waals surface area contributed by atoms with Gasteiger partial charge in [-0.3, -0.25) is 4.79 Å². The smallest absolute Gasteiger partial charge is 0.227 e. The van der Waals surface area contributed by atoms with Gasteiger partial charge in [0.05, 0.1) is 19.1 Å². The van der Waals surface area contributed by atoms with E-state index in [1.165, 1.54) is 6.07 Å². The number of halogens is 3. The maximum Gasteiger partial charge on any atom is 0.227 e. The number of hydrogen-bond donors (Lipinski definition) is 0. The summed E-state index contributed by atoms with van der Waals surface area (Å²) in [6, 6.07) is 3.28. The van der Waals surface area contributed by atoms with Gasteiger partial charge in [-0.1, -0.05) is 6.07 Å². The first-order valence-electron chi connectivity index (χ1n) is 6.99. The summed E-state index contributed by atoms with van der Waals surface area (Å²) in [6.07, 6.45) is 1.61. The van der Waals surface area contributed by atoms with Gasteiger partial charge in [0.2, 0.25) is 5.91 Å². The van der Waals surface area contributed by atoms with E-state index in [1.807, 2.05) is 0 Å². The number of carbonyl (C=O) groups is 1. The van der Waals surface area contributed by atoms with Crippen molar-refractivity contribution in [1.82, 2.24) is 4.90 Å². The lowest BCUT2D eigenvalue weighted by atomic mass is 10.1. The lowest BCUT2D eigenvalue weighted by molar-refractivity contribution is -0.133. The normalized spacial score (nSPS) is 16.2. The first kappa shape index (κ1) is 16.2. The summed E-state index contributed by atoms with van der Waals surface area (Å²) in [5, 5.41) is 0. The van der Waals surface area contributed by atoms with Crippen molar-refractivity contribution >= 4 is 17.5 Å². The Morgan fingerprint density at radius 3 is 2.67 bits per heavy atom. The summed E-state index contributed by atoms with van der Waals surface area (Å²) in [5.41, 5.74) is 0.224. The molecule has 2 rings (SSSR count).